The van der Waals surface area contributed by atoms with Crippen LogP contribution in [0.15, 0.2) is 0 Å². The number of halogens is 1. The fourth-order valence-corrected chi connectivity index (χ4v) is 4.93. The van der Waals surface area contributed by atoms with Crippen LogP contribution in [0.4, 0.5) is 0 Å². The van der Waals surface area contributed by atoms with Crippen LogP contribution in [0.3, 0.4) is 0 Å². The average Bonchev–Trinajstić information content (AvgIpc) is 2.88. The molecule has 3 aliphatic rings. The summed E-state index contributed by atoms with van der Waals surface area (Å²) in [5.41, 5.74) is -0.558. The molecule has 118 valence electrons. The quantitative estimate of drug-likeness (QED) is 0.581. The summed E-state index contributed by atoms with van der Waals surface area (Å²) in [6.45, 7) is 8.24. The smallest absolute Gasteiger partial charge is 0.348 e. The van der Waals surface area contributed by atoms with E-state index in [1.54, 1.807) is 0 Å². The Balaban J connectivity index is 1.72. The maximum absolute atomic E-state index is 12.6. The van der Waals surface area contributed by atoms with Crippen molar-refractivity contribution < 1.29 is 19.1 Å². The second-order valence-corrected chi connectivity index (χ2v) is 9.07. The highest BCUT2D eigenvalue weighted by atomic mass is 35.5. The molecule has 1 saturated heterocycles. The Labute approximate surface area is 130 Å². The molecule has 0 aromatic carbocycles. The summed E-state index contributed by atoms with van der Waals surface area (Å²) < 4.78 is 10.6. The van der Waals surface area contributed by atoms with E-state index in [4.69, 9.17) is 21.1 Å². The standard InChI is InChI=1S/C16H23ClO4/c1-14(2)8-20-13(19)11(14)21-12(18)10-5-9-6-15(10,3)7-16(9,4)17/h9-11H,5-8H2,1-4H3/t9-,10-,11+,15+,16-/m1/s1. The van der Waals surface area contributed by atoms with E-state index in [0.29, 0.717) is 12.5 Å². The highest BCUT2D eigenvalue weighted by molar-refractivity contribution is 6.24. The lowest BCUT2D eigenvalue weighted by Gasteiger charge is -2.37. The van der Waals surface area contributed by atoms with Crippen LogP contribution in [0.5, 0.6) is 0 Å². The fourth-order valence-electron chi connectivity index (χ4n) is 4.46. The summed E-state index contributed by atoms with van der Waals surface area (Å²) in [5.74, 6) is -0.489. The summed E-state index contributed by atoms with van der Waals surface area (Å²) in [4.78, 5) is 24.1. The van der Waals surface area contributed by atoms with Crippen molar-refractivity contribution in [3.63, 3.8) is 0 Å². The lowest BCUT2D eigenvalue weighted by atomic mass is 9.73. The normalized spacial score (nSPS) is 47.5. The predicted molar refractivity (Wildman–Crippen MR) is 77.8 cm³/mol. The molecule has 1 aliphatic heterocycles. The van der Waals surface area contributed by atoms with Gasteiger partial charge in [-0.15, -0.1) is 11.6 Å². The summed E-state index contributed by atoms with van der Waals surface area (Å²) in [6.07, 6.45) is 1.77. The van der Waals surface area contributed by atoms with Crippen LogP contribution >= 0.6 is 11.6 Å². The van der Waals surface area contributed by atoms with Crippen LogP contribution in [0.2, 0.25) is 0 Å². The molecule has 2 bridgehead atoms. The Bertz CT molecular complexity index is 499. The fraction of sp³-hybridized carbons (Fsp3) is 0.875. The minimum absolute atomic E-state index is 0.106. The number of hydrogen-bond acceptors (Lipinski definition) is 4. The van der Waals surface area contributed by atoms with Crippen molar-refractivity contribution in [1.29, 1.82) is 0 Å². The Morgan fingerprint density at radius 3 is 2.43 bits per heavy atom. The lowest BCUT2D eigenvalue weighted by molar-refractivity contribution is -0.169. The summed E-state index contributed by atoms with van der Waals surface area (Å²) in [6, 6.07) is 0. The van der Waals surface area contributed by atoms with Crippen molar-refractivity contribution in [1.82, 2.24) is 0 Å². The molecule has 2 saturated carbocycles. The topological polar surface area (TPSA) is 52.6 Å². The van der Waals surface area contributed by atoms with Gasteiger partial charge in [0.2, 0.25) is 6.10 Å². The summed E-state index contributed by atoms with van der Waals surface area (Å²) >= 11 is 6.54. The molecule has 5 heteroatoms. The predicted octanol–water partition coefficient (Wildman–Crippen LogP) is 2.91. The second kappa shape index (κ2) is 4.37. The molecule has 0 unspecified atom stereocenters. The molecule has 3 fully saturated rings. The number of carbonyl (C=O) groups is 2. The van der Waals surface area contributed by atoms with Crippen molar-refractivity contribution in [3.05, 3.63) is 0 Å². The molecule has 21 heavy (non-hydrogen) atoms. The van der Waals surface area contributed by atoms with E-state index in [2.05, 4.69) is 13.8 Å². The molecule has 5 atom stereocenters. The van der Waals surface area contributed by atoms with Gasteiger partial charge in [-0.05, 0) is 37.5 Å². The molecule has 0 N–H and O–H groups in total. The van der Waals surface area contributed by atoms with Crippen molar-refractivity contribution in [2.24, 2.45) is 22.7 Å². The zero-order valence-electron chi connectivity index (χ0n) is 13.1. The Morgan fingerprint density at radius 1 is 1.33 bits per heavy atom. The van der Waals surface area contributed by atoms with Gasteiger partial charge in [0.25, 0.3) is 0 Å². The molecule has 0 amide bonds. The third-order valence-corrected chi connectivity index (χ3v) is 6.15. The van der Waals surface area contributed by atoms with Gasteiger partial charge in [0.1, 0.15) is 6.61 Å². The van der Waals surface area contributed by atoms with Gasteiger partial charge in [0, 0.05) is 10.3 Å². The van der Waals surface area contributed by atoms with Gasteiger partial charge in [-0.25, -0.2) is 4.79 Å². The number of hydrogen-bond donors (Lipinski definition) is 0. The zero-order valence-corrected chi connectivity index (χ0v) is 13.8. The molecule has 3 rings (SSSR count). The largest absolute Gasteiger partial charge is 0.462 e. The van der Waals surface area contributed by atoms with Crippen LogP contribution in [-0.2, 0) is 19.1 Å². The van der Waals surface area contributed by atoms with Crippen molar-refractivity contribution in [2.75, 3.05) is 6.61 Å². The van der Waals surface area contributed by atoms with E-state index in [-0.39, 0.29) is 22.2 Å². The molecule has 0 radical (unpaired) electrons. The molecule has 1 heterocycles. The van der Waals surface area contributed by atoms with Crippen LogP contribution in [0.1, 0.15) is 47.0 Å². The first-order chi connectivity index (χ1) is 9.55. The Kier molecular flexibility index (Phi) is 3.15. The van der Waals surface area contributed by atoms with Gasteiger partial charge in [-0.3, -0.25) is 4.79 Å². The third kappa shape index (κ3) is 2.26. The van der Waals surface area contributed by atoms with E-state index in [0.717, 1.165) is 19.3 Å². The number of fused-ring (bicyclic) bond motifs is 2. The Morgan fingerprint density at radius 2 is 2.00 bits per heavy atom. The van der Waals surface area contributed by atoms with Crippen molar-refractivity contribution >= 4 is 23.5 Å². The van der Waals surface area contributed by atoms with E-state index in [1.165, 1.54) is 0 Å². The van der Waals surface area contributed by atoms with E-state index >= 15 is 0 Å². The van der Waals surface area contributed by atoms with Gasteiger partial charge < -0.3 is 9.47 Å². The number of carbonyl (C=O) groups excluding carboxylic acids is 2. The highest BCUT2D eigenvalue weighted by Gasteiger charge is 2.61. The molecular formula is C16H23ClO4. The van der Waals surface area contributed by atoms with Crippen LogP contribution in [0, 0.1) is 22.7 Å². The lowest BCUT2D eigenvalue weighted by Crippen LogP contribution is -2.42. The molecule has 0 spiro atoms. The molecule has 0 aromatic heterocycles. The van der Waals surface area contributed by atoms with E-state index in [9.17, 15) is 9.59 Å². The maximum Gasteiger partial charge on any atom is 0.348 e. The van der Waals surface area contributed by atoms with E-state index < -0.39 is 17.5 Å². The number of ether oxygens (including phenoxy) is 2. The number of rotatable bonds is 2. The number of alkyl halides is 1. The minimum atomic E-state index is -0.782. The van der Waals surface area contributed by atoms with Gasteiger partial charge >= 0.3 is 11.9 Å². The average molecular weight is 315 g/mol. The second-order valence-electron chi connectivity index (χ2n) is 8.21. The molecule has 4 nitrogen and oxygen atoms in total. The zero-order chi connectivity index (χ0) is 15.6. The number of cyclic esters (lactones) is 1. The van der Waals surface area contributed by atoms with Crippen LogP contribution in [0.25, 0.3) is 0 Å². The molecular weight excluding hydrogens is 292 g/mol. The summed E-state index contributed by atoms with van der Waals surface area (Å²) in [5, 5.41) is 0. The molecule has 0 aromatic rings. The third-order valence-electron chi connectivity index (χ3n) is 5.70. The van der Waals surface area contributed by atoms with E-state index in [1.807, 2.05) is 13.8 Å². The first kappa shape index (κ1) is 15.1. The molecule has 2 aliphatic carbocycles. The van der Waals surface area contributed by atoms with Crippen LogP contribution < -0.4 is 0 Å². The maximum atomic E-state index is 12.6. The number of esters is 2. The van der Waals surface area contributed by atoms with Gasteiger partial charge in [-0.1, -0.05) is 20.8 Å². The monoisotopic (exact) mass is 314 g/mol. The van der Waals surface area contributed by atoms with Gasteiger partial charge in [-0.2, -0.15) is 0 Å². The minimum Gasteiger partial charge on any atom is -0.462 e. The van der Waals surface area contributed by atoms with Gasteiger partial charge in [0.05, 0.1) is 5.92 Å². The SMILES string of the molecule is CC1(C)COC(=O)[C@@H]1OC(=O)[C@H]1C[C@@H]2C[C@@]1(C)C[C@@]2(C)Cl. The first-order valence-corrected chi connectivity index (χ1v) is 7.99. The highest BCUT2D eigenvalue weighted by Crippen LogP contribution is 2.64. The summed E-state index contributed by atoms with van der Waals surface area (Å²) in [7, 11) is 0. The van der Waals surface area contributed by atoms with Gasteiger partial charge in [0.15, 0.2) is 0 Å². The van der Waals surface area contributed by atoms with Crippen molar-refractivity contribution in [3.8, 4) is 0 Å². The van der Waals surface area contributed by atoms with Crippen LogP contribution in [-0.4, -0.2) is 29.5 Å². The van der Waals surface area contributed by atoms with Crippen molar-refractivity contribution in [2.45, 2.75) is 57.9 Å². The Hall–Kier alpha value is -0.770. The first-order valence-electron chi connectivity index (χ1n) is 7.61.